The lowest BCUT2D eigenvalue weighted by Gasteiger charge is -2.25. The maximum absolute atomic E-state index is 11.7. The number of carbonyl (C=O) groups is 2. The van der Waals surface area contributed by atoms with Gasteiger partial charge in [0, 0.05) is 19.3 Å². The maximum Gasteiger partial charge on any atom is 0.408 e. The van der Waals surface area contributed by atoms with Gasteiger partial charge in [0.1, 0.15) is 6.10 Å². The third-order valence-electron chi connectivity index (χ3n) is 3.08. The normalized spacial score (nSPS) is 18.4. The number of rotatable bonds is 5. The topological polar surface area (TPSA) is 64.6 Å². The first kappa shape index (κ1) is 15.0. The van der Waals surface area contributed by atoms with E-state index >= 15 is 0 Å². The van der Waals surface area contributed by atoms with Crippen molar-refractivity contribution in [2.45, 2.75) is 52.2 Å². The molecular weight excluding hydrogens is 234 g/mol. The summed E-state index contributed by atoms with van der Waals surface area (Å²) in [6, 6.07) is -0.456. The van der Waals surface area contributed by atoms with Crippen molar-refractivity contribution in [3.8, 4) is 0 Å². The Morgan fingerprint density at radius 2 is 1.94 bits per heavy atom. The Hall–Kier alpha value is -1.10. The predicted octanol–water partition coefficient (Wildman–Crippen LogP) is 1.90. The third-order valence-corrected chi connectivity index (χ3v) is 3.08. The molecule has 0 spiro atoms. The van der Waals surface area contributed by atoms with Gasteiger partial charge in [-0.05, 0) is 5.92 Å². The minimum Gasteiger partial charge on any atom is -0.446 e. The molecule has 5 nitrogen and oxygen atoms in total. The fourth-order valence-corrected chi connectivity index (χ4v) is 1.95. The predicted molar refractivity (Wildman–Crippen MR) is 67.4 cm³/mol. The second kappa shape index (κ2) is 7.36. The number of carbonyl (C=O) groups excluding carboxylic acids is 2. The average Bonchev–Trinajstić information content (AvgIpc) is 2.36. The van der Waals surface area contributed by atoms with Crippen LogP contribution in [0.3, 0.4) is 0 Å². The molecule has 1 aliphatic rings. The Morgan fingerprint density at radius 3 is 2.44 bits per heavy atom. The monoisotopic (exact) mass is 257 g/mol. The van der Waals surface area contributed by atoms with Gasteiger partial charge in [-0.3, -0.25) is 4.79 Å². The molecule has 1 N–H and O–H groups in total. The standard InChI is InChI=1S/C13H23NO4/c1-4-11(15)12(9(2)3)14-13(16)18-10-5-7-17-8-6-10/h9-10,12H,4-8H2,1-3H3,(H,14,16)/t12-/m0/s1. The molecule has 1 fully saturated rings. The highest BCUT2D eigenvalue weighted by Gasteiger charge is 2.25. The van der Waals surface area contributed by atoms with E-state index in [2.05, 4.69) is 5.32 Å². The van der Waals surface area contributed by atoms with Crippen LogP contribution in [-0.2, 0) is 14.3 Å². The van der Waals surface area contributed by atoms with Gasteiger partial charge in [0.15, 0.2) is 5.78 Å². The molecule has 0 aromatic rings. The lowest BCUT2D eigenvalue weighted by Crippen LogP contribution is -2.45. The molecular formula is C13H23NO4. The van der Waals surface area contributed by atoms with Gasteiger partial charge in [-0.15, -0.1) is 0 Å². The van der Waals surface area contributed by atoms with Crippen LogP contribution in [0.25, 0.3) is 0 Å². The Morgan fingerprint density at radius 1 is 1.33 bits per heavy atom. The van der Waals surface area contributed by atoms with Crippen molar-refractivity contribution in [1.29, 1.82) is 0 Å². The molecule has 1 amide bonds. The van der Waals surface area contributed by atoms with E-state index < -0.39 is 12.1 Å². The zero-order valence-corrected chi connectivity index (χ0v) is 11.4. The summed E-state index contributed by atoms with van der Waals surface area (Å²) in [5.74, 6) is 0.105. The molecule has 0 bridgehead atoms. The van der Waals surface area contributed by atoms with Crippen molar-refractivity contribution in [3.05, 3.63) is 0 Å². The Labute approximate surface area is 108 Å². The fraction of sp³-hybridized carbons (Fsp3) is 0.846. The number of hydrogen-bond acceptors (Lipinski definition) is 4. The number of alkyl carbamates (subject to hydrolysis) is 1. The van der Waals surface area contributed by atoms with Crippen LogP contribution in [-0.4, -0.2) is 37.2 Å². The summed E-state index contributed by atoms with van der Waals surface area (Å²) in [7, 11) is 0. The summed E-state index contributed by atoms with van der Waals surface area (Å²) in [4.78, 5) is 23.4. The van der Waals surface area contributed by atoms with E-state index in [0.29, 0.717) is 19.6 Å². The van der Waals surface area contributed by atoms with Crippen LogP contribution >= 0.6 is 0 Å². The van der Waals surface area contributed by atoms with Crippen molar-refractivity contribution in [2.75, 3.05) is 13.2 Å². The van der Waals surface area contributed by atoms with Crippen LogP contribution in [0.4, 0.5) is 4.79 Å². The highest BCUT2D eigenvalue weighted by Crippen LogP contribution is 2.12. The lowest BCUT2D eigenvalue weighted by molar-refractivity contribution is -0.121. The molecule has 104 valence electrons. The lowest BCUT2D eigenvalue weighted by atomic mass is 9.99. The zero-order chi connectivity index (χ0) is 13.5. The van der Waals surface area contributed by atoms with Gasteiger partial charge in [0.25, 0.3) is 0 Å². The average molecular weight is 257 g/mol. The van der Waals surface area contributed by atoms with E-state index in [4.69, 9.17) is 9.47 Å². The highest BCUT2D eigenvalue weighted by atomic mass is 16.6. The smallest absolute Gasteiger partial charge is 0.408 e. The van der Waals surface area contributed by atoms with Gasteiger partial charge in [-0.2, -0.15) is 0 Å². The van der Waals surface area contributed by atoms with E-state index in [1.54, 1.807) is 6.92 Å². The van der Waals surface area contributed by atoms with Crippen LogP contribution in [0.1, 0.15) is 40.0 Å². The van der Waals surface area contributed by atoms with Crippen molar-refractivity contribution in [1.82, 2.24) is 5.32 Å². The van der Waals surface area contributed by atoms with E-state index in [1.165, 1.54) is 0 Å². The molecule has 1 saturated heterocycles. The minimum absolute atomic E-state index is 0.0360. The molecule has 0 saturated carbocycles. The first-order chi connectivity index (χ1) is 8.54. The quantitative estimate of drug-likeness (QED) is 0.817. The molecule has 18 heavy (non-hydrogen) atoms. The van der Waals surface area contributed by atoms with E-state index in [9.17, 15) is 9.59 Å². The fourth-order valence-electron chi connectivity index (χ4n) is 1.95. The molecule has 0 aromatic carbocycles. The Balaban J connectivity index is 2.42. The maximum atomic E-state index is 11.7. The van der Waals surface area contributed by atoms with Crippen molar-refractivity contribution < 1.29 is 19.1 Å². The molecule has 5 heteroatoms. The number of Topliss-reactive ketones (excluding diaryl/α,β-unsaturated/α-hetero) is 1. The van der Waals surface area contributed by atoms with Crippen molar-refractivity contribution >= 4 is 11.9 Å². The van der Waals surface area contributed by atoms with E-state index in [-0.39, 0.29) is 17.8 Å². The minimum atomic E-state index is -0.498. The second-order valence-electron chi connectivity index (χ2n) is 4.90. The van der Waals surface area contributed by atoms with Crippen LogP contribution in [0.5, 0.6) is 0 Å². The summed E-state index contributed by atoms with van der Waals surface area (Å²) in [6.07, 6.45) is 1.27. The number of hydrogen-bond donors (Lipinski definition) is 1. The molecule has 1 aliphatic heterocycles. The highest BCUT2D eigenvalue weighted by molar-refractivity contribution is 5.87. The number of ether oxygens (including phenoxy) is 2. The summed E-state index contributed by atoms with van der Waals surface area (Å²) < 4.78 is 10.5. The number of nitrogens with one attached hydrogen (secondary N) is 1. The van der Waals surface area contributed by atoms with Gasteiger partial charge in [-0.25, -0.2) is 4.79 Å². The van der Waals surface area contributed by atoms with Crippen LogP contribution in [0.15, 0.2) is 0 Å². The van der Waals surface area contributed by atoms with Crippen molar-refractivity contribution in [3.63, 3.8) is 0 Å². The molecule has 1 heterocycles. The van der Waals surface area contributed by atoms with Crippen LogP contribution < -0.4 is 5.32 Å². The van der Waals surface area contributed by atoms with Gasteiger partial charge < -0.3 is 14.8 Å². The van der Waals surface area contributed by atoms with E-state index in [1.807, 2.05) is 13.8 Å². The summed E-state index contributed by atoms with van der Waals surface area (Å²) >= 11 is 0. The first-order valence-corrected chi connectivity index (χ1v) is 6.62. The Bertz CT molecular complexity index is 285. The molecule has 0 aromatic heterocycles. The van der Waals surface area contributed by atoms with Crippen LogP contribution in [0, 0.1) is 5.92 Å². The summed E-state index contributed by atoms with van der Waals surface area (Å²) in [6.45, 7) is 6.86. The first-order valence-electron chi connectivity index (χ1n) is 6.62. The molecule has 1 atom stereocenters. The van der Waals surface area contributed by atoms with Crippen LogP contribution in [0.2, 0.25) is 0 Å². The van der Waals surface area contributed by atoms with Gasteiger partial charge >= 0.3 is 6.09 Å². The second-order valence-corrected chi connectivity index (χ2v) is 4.90. The van der Waals surface area contributed by atoms with E-state index in [0.717, 1.165) is 12.8 Å². The Kier molecular flexibility index (Phi) is 6.12. The number of amides is 1. The number of ketones is 1. The SMILES string of the molecule is CCC(=O)[C@@H](NC(=O)OC1CCOCC1)C(C)C. The largest absolute Gasteiger partial charge is 0.446 e. The zero-order valence-electron chi connectivity index (χ0n) is 11.4. The molecule has 0 aliphatic carbocycles. The van der Waals surface area contributed by atoms with Gasteiger partial charge in [0.2, 0.25) is 0 Å². The third kappa shape index (κ3) is 4.64. The summed E-state index contributed by atoms with van der Waals surface area (Å²) in [5.41, 5.74) is 0. The van der Waals surface area contributed by atoms with Crippen molar-refractivity contribution in [2.24, 2.45) is 5.92 Å². The van der Waals surface area contributed by atoms with Gasteiger partial charge in [0.05, 0.1) is 19.3 Å². The molecule has 0 radical (unpaired) electrons. The summed E-state index contributed by atoms with van der Waals surface area (Å²) in [5, 5.41) is 2.66. The molecule has 1 rings (SSSR count). The van der Waals surface area contributed by atoms with Gasteiger partial charge in [-0.1, -0.05) is 20.8 Å². The molecule has 0 unspecified atom stereocenters.